The summed E-state index contributed by atoms with van der Waals surface area (Å²) < 4.78 is 5.73. The molecule has 1 atom stereocenters. The summed E-state index contributed by atoms with van der Waals surface area (Å²) in [5.41, 5.74) is 0.562. The maximum absolute atomic E-state index is 11.8. The molecule has 0 spiro atoms. The first-order valence-electron chi connectivity index (χ1n) is 5.26. The van der Waals surface area contributed by atoms with Crippen LogP contribution in [0.25, 0.3) is 0 Å². The SMILES string of the molecule is CC1(CNC(=O)c2ccoc2Br)CCCS1. The molecule has 1 aliphatic rings. The van der Waals surface area contributed by atoms with Crippen molar-refractivity contribution in [2.45, 2.75) is 24.5 Å². The largest absolute Gasteiger partial charge is 0.457 e. The molecule has 88 valence electrons. The van der Waals surface area contributed by atoms with Gasteiger partial charge in [-0.3, -0.25) is 4.79 Å². The van der Waals surface area contributed by atoms with Gasteiger partial charge in [0, 0.05) is 11.3 Å². The van der Waals surface area contributed by atoms with Gasteiger partial charge in [-0.1, -0.05) is 0 Å². The first-order chi connectivity index (χ1) is 7.61. The zero-order valence-electron chi connectivity index (χ0n) is 9.09. The van der Waals surface area contributed by atoms with Crippen LogP contribution in [0.4, 0.5) is 0 Å². The van der Waals surface area contributed by atoms with E-state index >= 15 is 0 Å². The van der Waals surface area contributed by atoms with E-state index in [2.05, 4.69) is 28.2 Å². The van der Waals surface area contributed by atoms with Gasteiger partial charge in [-0.05, 0) is 47.5 Å². The Morgan fingerprint density at radius 1 is 1.75 bits per heavy atom. The van der Waals surface area contributed by atoms with Crippen molar-refractivity contribution in [3.05, 3.63) is 22.6 Å². The number of nitrogens with one attached hydrogen (secondary N) is 1. The summed E-state index contributed by atoms with van der Waals surface area (Å²) in [6, 6.07) is 1.67. The van der Waals surface area contributed by atoms with Gasteiger partial charge < -0.3 is 9.73 Å². The fraction of sp³-hybridized carbons (Fsp3) is 0.545. The number of amides is 1. The Morgan fingerprint density at radius 3 is 3.12 bits per heavy atom. The summed E-state index contributed by atoms with van der Waals surface area (Å²) >= 11 is 5.14. The number of thioether (sulfide) groups is 1. The molecule has 2 heterocycles. The van der Waals surface area contributed by atoms with Crippen molar-refractivity contribution in [1.29, 1.82) is 0 Å². The van der Waals surface area contributed by atoms with Crippen molar-refractivity contribution >= 4 is 33.6 Å². The van der Waals surface area contributed by atoms with Gasteiger partial charge in [0.25, 0.3) is 5.91 Å². The molecule has 3 nitrogen and oxygen atoms in total. The molecular formula is C11H14BrNO2S. The summed E-state index contributed by atoms with van der Waals surface area (Å²) in [5, 5.41) is 2.96. The lowest BCUT2D eigenvalue weighted by atomic mass is 10.1. The first-order valence-corrected chi connectivity index (χ1v) is 7.04. The quantitative estimate of drug-likeness (QED) is 0.933. The van der Waals surface area contributed by atoms with Gasteiger partial charge in [0.2, 0.25) is 0 Å². The van der Waals surface area contributed by atoms with E-state index in [1.807, 2.05) is 11.8 Å². The molecule has 1 N–H and O–H groups in total. The second-order valence-electron chi connectivity index (χ2n) is 4.19. The Labute approximate surface area is 107 Å². The molecule has 16 heavy (non-hydrogen) atoms. The van der Waals surface area contributed by atoms with Crippen LogP contribution in [-0.4, -0.2) is 23.0 Å². The first kappa shape index (κ1) is 12.0. The van der Waals surface area contributed by atoms with E-state index in [4.69, 9.17) is 4.42 Å². The van der Waals surface area contributed by atoms with Gasteiger partial charge >= 0.3 is 0 Å². The standard InChI is InChI=1S/C11H14BrNO2S/c1-11(4-2-6-16-11)7-13-10(14)8-3-5-15-9(8)12/h3,5H,2,4,6-7H2,1H3,(H,13,14). The van der Waals surface area contributed by atoms with Crippen molar-refractivity contribution in [2.75, 3.05) is 12.3 Å². The average Bonchev–Trinajstić information content (AvgIpc) is 2.85. The molecule has 1 aromatic heterocycles. The smallest absolute Gasteiger partial charge is 0.255 e. The Hall–Kier alpha value is -0.420. The van der Waals surface area contributed by atoms with E-state index in [9.17, 15) is 4.79 Å². The van der Waals surface area contributed by atoms with Crippen molar-refractivity contribution in [3.8, 4) is 0 Å². The normalized spacial score (nSPS) is 24.6. The monoisotopic (exact) mass is 303 g/mol. The second kappa shape index (κ2) is 4.84. The minimum atomic E-state index is -0.0747. The van der Waals surface area contributed by atoms with Crippen LogP contribution < -0.4 is 5.32 Å². The number of halogens is 1. The second-order valence-corrected chi connectivity index (χ2v) is 6.60. The van der Waals surface area contributed by atoms with Gasteiger partial charge in [-0.15, -0.1) is 0 Å². The molecule has 0 aromatic carbocycles. The van der Waals surface area contributed by atoms with E-state index in [1.165, 1.54) is 24.9 Å². The summed E-state index contributed by atoms with van der Waals surface area (Å²) in [7, 11) is 0. The van der Waals surface area contributed by atoms with E-state index in [0.29, 0.717) is 16.8 Å². The highest BCUT2D eigenvalue weighted by atomic mass is 79.9. The zero-order chi connectivity index (χ0) is 11.6. The van der Waals surface area contributed by atoms with Crippen molar-refractivity contribution in [3.63, 3.8) is 0 Å². The van der Waals surface area contributed by atoms with Gasteiger partial charge in [0.05, 0.1) is 11.8 Å². The highest BCUT2D eigenvalue weighted by Gasteiger charge is 2.30. The van der Waals surface area contributed by atoms with E-state index in [1.54, 1.807) is 6.07 Å². The molecule has 0 bridgehead atoms. The van der Waals surface area contributed by atoms with Crippen molar-refractivity contribution in [2.24, 2.45) is 0 Å². The summed E-state index contributed by atoms with van der Waals surface area (Å²) in [6.07, 6.45) is 3.92. The molecule has 1 saturated heterocycles. The van der Waals surface area contributed by atoms with E-state index < -0.39 is 0 Å². The van der Waals surface area contributed by atoms with Gasteiger partial charge in [-0.25, -0.2) is 0 Å². The molecule has 2 rings (SSSR count). The third-order valence-corrected chi connectivity index (χ3v) is 4.94. The Bertz CT molecular complexity index is 385. The van der Waals surface area contributed by atoms with Crippen LogP contribution >= 0.6 is 27.7 Å². The van der Waals surface area contributed by atoms with Crippen LogP contribution in [-0.2, 0) is 0 Å². The molecule has 5 heteroatoms. The zero-order valence-corrected chi connectivity index (χ0v) is 11.5. The third kappa shape index (κ3) is 2.63. The van der Waals surface area contributed by atoms with Gasteiger partial charge in [0.15, 0.2) is 4.67 Å². The van der Waals surface area contributed by atoms with Gasteiger partial charge in [-0.2, -0.15) is 11.8 Å². The van der Waals surface area contributed by atoms with Crippen LogP contribution in [0.5, 0.6) is 0 Å². The maximum Gasteiger partial charge on any atom is 0.255 e. The van der Waals surface area contributed by atoms with Crippen molar-refractivity contribution < 1.29 is 9.21 Å². The number of carbonyl (C=O) groups is 1. The lowest BCUT2D eigenvalue weighted by Gasteiger charge is -2.22. The molecule has 1 aliphatic heterocycles. The number of hydrogen-bond donors (Lipinski definition) is 1. The Balaban J connectivity index is 1.91. The average molecular weight is 304 g/mol. The highest BCUT2D eigenvalue weighted by molar-refractivity contribution is 9.10. The summed E-state index contributed by atoms with van der Waals surface area (Å²) in [5.74, 6) is 1.12. The fourth-order valence-electron chi connectivity index (χ4n) is 1.79. The lowest BCUT2D eigenvalue weighted by molar-refractivity contribution is 0.0948. The number of carbonyl (C=O) groups excluding carboxylic acids is 1. The molecule has 0 aliphatic carbocycles. The molecule has 1 aromatic rings. The van der Waals surface area contributed by atoms with Crippen LogP contribution in [0.1, 0.15) is 30.1 Å². The Morgan fingerprint density at radius 2 is 2.56 bits per heavy atom. The molecule has 1 fully saturated rings. The van der Waals surface area contributed by atoms with Crippen LogP contribution in [0.3, 0.4) is 0 Å². The lowest BCUT2D eigenvalue weighted by Crippen LogP contribution is -2.36. The summed E-state index contributed by atoms with van der Waals surface area (Å²) in [4.78, 5) is 11.8. The van der Waals surface area contributed by atoms with Crippen LogP contribution in [0.2, 0.25) is 0 Å². The van der Waals surface area contributed by atoms with Crippen molar-refractivity contribution in [1.82, 2.24) is 5.32 Å². The van der Waals surface area contributed by atoms with Gasteiger partial charge in [0.1, 0.15) is 0 Å². The fourth-order valence-corrected chi connectivity index (χ4v) is 3.46. The molecule has 0 saturated carbocycles. The maximum atomic E-state index is 11.8. The molecule has 0 radical (unpaired) electrons. The predicted octanol–water partition coefficient (Wildman–Crippen LogP) is 3.06. The number of hydrogen-bond acceptors (Lipinski definition) is 3. The summed E-state index contributed by atoms with van der Waals surface area (Å²) in [6.45, 7) is 2.92. The number of furan rings is 1. The predicted molar refractivity (Wildman–Crippen MR) is 68.8 cm³/mol. The van der Waals surface area contributed by atoms with E-state index in [-0.39, 0.29) is 10.7 Å². The van der Waals surface area contributed by atoms with Crippen LogP contribution in [0.15, 0.2) is 21.4 Å². The van der Waals surface area contributed by atoms with Crippen LogP contribution in [0, 0.1) is 0 Å². The molecule has 1 unspecified atom stereocenters. The Kier molecular flexibility index (Phi) is 3.64. The topological polar surface area (TPSA) is 42.2 Å². The minimum absolute atomic E-state index is 0.0747. The molecular weight excluding hydrogens is 290 g/mol. The highest BCUT2D eigenvalue weighted by Crippen LogP contribution is 2.37. The number of rotatable bonds is 3. The van der Waals surface area contributed by atoms with E-state index in [0.717, 1.165) is 0 Å². The third-order valence-electron chi connectivity index (χ3n) is 2.79. The molecule has 1 amide bonds. The minimum Gasteiger partial charge on any atom is -0.457 e.